The number of aromatic amines is 1. The molecule has 2 rings (SSSR count). The SMILES string of the molecule is C=Cc1c(/C=C\C)[nH]c2ccccc12.CC. The first-order valence-electron chi connectivity index (χ1n) is 5.72. The third kappa shape index (κ3) is 2.25. The van der Waals surface area contributed by atoms with E-state index >= 15 is 0 Å². The first-order chi connectivity index (χ1) is 7.86. The van der Waals surface area contributed by atoms with Crippen molar-refractivity contribution in [2.45, 2.75) is 20.8 Å². The number of fused-ring (bicyclic) bond motifs is 1. The fourth-order valence-electron chi connectivity index (χ4n) is 1.70. The highest BCUT2D eigenvalue weighted by atomic mass is 14.7. The van der Waals surface area contributed by atoms with Crippen LogP contribution in [0.5, 0.6) is 0 Å². The van der Waals surface area contributed by atoms with Gasteiger partial charge in [-0.3, -0.25) is 0 Å². The standard InChI is InChI=1S/C13H13N.C2H6/c1-3-7-12-10(4-2)11-8-5-6-9-13(11)14-12;1-2/h3-9,14H,2H2,1H3;1-2H3/b7-3-;. The van der Waals surface area contributed by atoms with Crippen LogP contribution < -0.4 is 0 Å². The molecule has 1 aromatic heterocycles. The fourth-order valence-corrected chi connectivity index (χ4v) is 1.70. The average molecular weight is 213 g/mol. The first-order valence-corrected chi connectivity index (χ1v) is 5.72. The lowest BCUT2D eigenvalue weighted by Crippen LogP contribution is -1.73. The van der Waals surface area contributed by atoms with Crippen molar-refractivity contribution in [1.82, 2.24) is 4.98 Å². The van der Waals surface area contributed by atoms with Crippen molar-refractivity contribution in [2.75, 3.05) is 0 Å². The van der Waals surface area contributed by atoms with E-state index in [0.29, 0.717) is 0 Å². The van der Waals surface area contributed by atoms with Crippen LogP contribution in [-0.4, -0.2) is 4.98 Å². The molecule has 1 heteroatoms. The van der Waals surface area contributed by atoms with Crippen molar-refractivity contribution in [2.24, 2.45) is 0 Å². The van der Waals surface area contributed by atoms with Crippen LogP contribution >= 0.6 is 0 Å². The Morgan fingerprint density at radius 3 is 2.50 bits per heavy atom. The Morgan fingerprint density at radius 1 is 1.19 bits per heavy atom. The number of H-pyrrole nitrogens is 1. The molecule has 0 amide bonds. The van der Waals surface area contributed by atoms with Crippen LogP contribution in [0.3, 0.4) is 0 Å². The fraction of sp³-hybridized carbons (Fsp3) is 0.200. The van der Waals surface area contributed by atoms with E-state index in [1.165, 1.54) is 10.9 Å². The van der Waals surface area contributed by atoms with Crippen molar-refractivity contribution in [3.63, 3.8) is 0 Å². The Hall–Kier alpha value is -1.76. The van der Waals surface area contributed by atoms with E-state index in [-0.39, 0.29) is 0 Å². The summed E-state index contributed by atoms with van der Waals surface area (Å²) in [5.74, 6) is 0. The highest BCUT2D eigenvalue weighted by Crippen LogP contribution is 2.23. The van der Waals surface area contributed by atoms with Crippen LogP contribution in [0.1, 0.15) is 32.0 Å². The van der Waals surface area contributed by atoms with Gasteiger partial charge in [-0.2, -0.15) is 0 Å². The van der Waals surface area contributed by atoms with Crippen molar-refractivity contribution in [3.8, 4) is 0 Å². The van der Waals surface area contributed by atoms with Crippen LogP contribution in [0.4, 0.5) is 0 Å². The number of rotatable bonds is 2. The summed E-state index contributed by atoms with van der Waals surface area (Å²) in [6, 6.07) is 8.26. The third-order valence-corrected chi connectivity index (χ3v) is 2.31. The quantitative estimate of drug-likeness (QED) is 0.732. The smallest absolute Gasteiger partial charge is 0.0464 e. The molecule has 1 aromatic carbocycles. The van der Waals surface area contributed by atoms with Crippen LogP contribution in [0, 0.1) is 0 Å². The molecule has 0 aliphatic carbocycles. The molecule has 0 saturated carbocycles. The predicted molar refractivity (Wildman–Crippen MR) is 74.4 cm³/mol. The van der Waals surface area contributed by atoms with Crippen molar-refractivity contribution in [1.29, 1.82) is 0 Å². The minimum Gasteiger partial charge on any atom is -0.355 e. The number of aromatic nitrogens is 1. The Morgan fingerprint density at radius 2 is 1.88 bits per heavy atom. The van der Waals surface area contributed by atoms with Gasteiger partial charge < -0.3 is 4.98 Å². The Labute approximate surface area is 97.5 Å². The predicted octanol–water partition coefficient (Wildman–Crippen LogP) is 4.87. The summed E-state index contributed by atoms with van der Waals surface area (Å²) in [5, 5.41) is 1.23. The van der Waals surface area contributed by atoms with Gasteiger partial charge in [-0.05, 0) is 19.1 Å². The van der Waals surface area contributed by atoms with E-state index < -0.39 is 0 Å². The van der Waals surface area contributed by atoms with E-state index in [1.807, 2.05) is 45.1 Å². The lowest BCUT2D eigenvalue weighted by molar-refractivity contribution is 1.42. The van der Waals surface area contributed by atoms with Crippen LogP contribution in [0.15, 0.2) is 36.9 Å². The number of nitrogens with one attached hydrogen (secondary N) is 1. The Kier molecular flexibility index (Phi) is 4.59. The van der Waals surface area contributed by atoms with Gasteiger partial charge in [0.1, 0.15) is 0 Å². The summed E-state index contributed by atoms with van der Waals surface area (Å²) in [5.41, 5.74) is 3.47. The molecule has 1 heterocycles. The van der Waals surface area contributed by atoms with E-state index in [4.69, 9.17) is 0 Å². The highest BCUT2D eigenvalue weighted by Gasteiger charge is 2.04. The summed E-state index contributed by atoms with van der Waals surface area (Å²) < 4.78 is 0. The van der Waals surface area contributed by atoms with Gasteiger partial charge in [-0.15, -0.1) is 0 Å². The summed E-state index contributed by atoms with van der Waals surface area (Å²) in [4.78, 5) is 3.36. The van der Waals surface area contributed by atoms with Crippen LogP contribution in [-0.2, 0) is 0 Å². The molecular formula is C15H19N. The zero-order valence-electron chi connectivity index (χ0n) is 10.2. The van der Waals surface area contributed by atoms with Crippen LogP contribution in [0.25, 0.3) is 23.1 Å². The van der Waals surface area contributed by atoms with Gasteiger partial charge in [0.15, 0.2) is 0 Å². The molecule has 0 saturated heterocycles. The molecule has 0 aliphatic heterocycles. The highest BCUT2D eigenvalue weighted by molar-refractivity contribution is 5.92. The molecule has 0 radical (unpaired) electrons. The maximum atomic E-state index is 3.84. The van der Waals surface area contributed by atoms with Gasteiger partial charge in [0, 0.05) is 22.2 Å². The second-order valence-corrected chi connectivity index (χ2v) is 3.20. The number of hydrogen-bond donors (Lipinski definition) is 1. The summed E-state index contributed by atoms with van der Waals surface area (Å²) in [6.07, 6.45) is 5.99. The molecular weight excluding hydrogens is 194 g/mol. The van der Waals surface area contributed by atoms with Gasteiger partial charge in [0.25, 0.3) is 0 Å². The lowest BCUT2D eigenvalue weighted by Gasteiger charge is -1.91. The minimum absolute atomic E-state index is 1.13. The average Bonchev–Trinajstić information content (AvgIpc) is 2.69. The van der Waals surface area contributed by atoms with Gasteiger partial charge >= 0.3 is 0 Å². The molecule has 0 aliphatic rings. The summed E-state index contributed by atoms with van der Waals surface area (Å²) >= 11 is 0. The molecule has 1 N–H and O–H groups in total. The van der Waals surface area contributed by atoms with Gasteiger partial charge in [0.2, 0.25) is 0 Å². The largest absolute Gasteiger partial charge is 0.355 e. The lowest BCUT2D eigenvalue weighted by atomic mass is 10.1. The van der Waals surface area contributed by atoms with Crippen molar-refractivity contribution in [3.05, 3.63) is 48.2 Å². The third-order valence-electron chi connectivity index (χ3n) is 2.31. The minimum atomic E-state index is 1.13. The second-order valence-electron chi connectivity index (χ2n) is 3.20. The normalized spacial score (nSPS) is 10.2. The topological polar surface area (TPSA) is 15.8 Å². The second kappa shape index (κ2) is 5.96. The number of allylic oxidation sites excluding steroid dienone is 1. The molecule has 84 valence electrons. The van der Waals surface area contributed by atoms with Gasteiger partial charge in [0.05, 0.1) is 0 Å². The van der Waals surface area contributed by atoms with E-state index in [0.717, 1.165) is 11.2 Å². The zero-order chi connectivity index (χ0) is 12.0. The summed E-state index contributed by atoms with van der Waals surface area (Å²) in [7, 11) is 0. The first kappa shape index (κ1) is 12.3. The van der Waals surface area contributed by atoms with Crippen molar-refractivity contribution < 1.29 is 0 Å². The Bertz CT molecular complexity index is 489. The van der Waals surface area contributed by atoms with Gasteiger partial charge in [-0.1, -0.05) is 50.8 Å². The molecule has 0 unspecified atom stereocenters. The summed E-state index contributed by atoms with van der Waals surface area (Å²) in [6.45, 7) is 9.85. The molecule has 16 heavy (non-hydrogen) atoms. The maximum absolute atomic E-state index is 3.84. The van der Waals surface area contributed by atoms with E-state index in [9.17, 15) is 0 Å². The van der Waals surface area contributed by atoms with Gasteiger partial charge in [-0.25, -0.2) is 0 Å². The molecule has 2 aromatic rings. The number of hydrogen-bond acceptors (Lipinski definition) is 0. The van der Waals surface area contributed by atoms with Crippen LogP contribution in [0.2, 0.25) is 0 Å². The zero-order valence-corrected chi connectivity index (χ0v) is 10.2. The monoisotopic (exact) mass is 213 g/mol. The molecule has 0 atom stereocenters. The molecule has 0 fully saturated rings. The maximum Gasteiger partial charge on any atom is 0.0464 e. The van der Waals surface area contributed by atoms with Crippen molar-refractivity contribution >= 4 is 23.1 Å². The van der Waals surface area contributed by atoms with E-state index in [2.05, 4.69) is 29.8 Å². The Balaban J connectivity index is 0.000000606. The molecule has 0 bridgehead atoms. The number of benzene rings is 1. The number of para-hydroxylation sites is 1. The van der Waals surface area contributed by atoms with E-state index in [1.54, 1.807) is 0 Å². The molecule has 0 spiro atoms. The molecule has 1 nitrogen and oxygen atoms in total.